The van der Waals surface area contributed by atoms with Crippen LogP contribution in [0.2, 0.25) is 15.3 Å². The Hall–Kier alpha value is -0.940. The molecule has 0 aliphatic heterocycles. The van der Waals surface area contributed by atoms with Crippen molar-refractivity contribution in [2.24, 2.45) is 0 Å². The summed E-state index contributed by atoms with van der Waals surface area (Å²) >= 11 is 21.4. The van der Waals surface area contributed by atoms with Crippen LogP contribution in [0.3, 0.4) is 0 Å². The first kappa shape index (κ1) is 14.0. The summed E-state index contributed by atoms with van der Waals surface area (Å²) in [5.74, 6) is 0.426. The number of benzene rings is 1. The summed E-state index contributed by atoms with van der Waals surface area (Å²) in [7, 11) is 0. The zero-order chi connectivity index (χ0) is 14.3. The van der Waals surface area contributed by atoms with Gasteiger partial charge in [-0.15, -0.1) is 0 Å². The Balaban J connectivity index is 2.34. The van der Waals surface area contributed by atoms with Crippen LogP contribution in [0.25, 0.3) is 22.2 Å². The molecule has 0 atom stereocenters. The van der Waals surface area contributed by atoms with E-state index in [2.05, 4.69) is 30.9 Å². The van der Waals surface area contributed by atoms with Crippen LogP contribution in [-0.4, -0.2) is 15.0 Å². The number of hydrogen-bond donors (Lipinski definition) is 0. The number of hydrogen-bond acceptors (Lipinski definition) is 3. The molecule has 0 aliphatic carbocycles. The SMILES string of the molecule is Clc1cc(Cl)nc(-c2cncc3c(Br)c(Cl)ccc23)n1. The fourth-order valence-electron chi connectivity index (χ4n) is 1.87. The van der Waals surface area contributed by atoms with Gasteiger partial charge >= 0.3 is 0 Å². The topological polar surface area (TPSA) is 38.7 Å². The molecule has 3 rings (SSSR count). The highest BCUT2D eigenvalue weighted by Crippen LogP contribution is 2.35. The van der Waals surface area contributed by atoms with E-state index in [9.17, 15) is 0 Å². The molecule has 1 aromatic carbocycles. The molecule has 0 unspecified atom stereocenters. The van der Waals surface area contributed by atoms with E-state index in [1.54, 1.807) is 18.5 Å². The summed E-state index contributed by atoms with van der Waals surface area (Å²) in [5.41, 5.74) is 0.740. The molecule has 100 valence electrons. The second-order valence-electron chi connectivity index (χ2n) is 3.98. The minimum Gasteiger partial charge on any atom is -0.263 e. The molecule has 3 nitrogen and oxygen atoms in total. The lowest BCUT2D eigenvalue weighted by Crippen LogP contribution is -1.92. The van der Waals surface area contributed by atoms with E-state index in [1.807, 2.05) is 6.07 Å². The first-order chi connectivity index (χ1) is 9.56. The minimum atomic E-state index is 0.282. The molecule has 0 radical (unpaired) electrons. The predicted octanol–water partition coefficient (Wildman–Crippen LogP) is 5.41. The van der Waals surface area contributed by atoms with E-state index in [0.717, 1.165) is 20.8 Å². The molecule has 7 heteroatoms. The number of halogens is 4. The van der Waals surface area contributed by atoms with Gasteiger partial charge in [0.2, 0.25) is 0 Å². The molecule has 0 fully saturated rings. The lowest BCUT2D eigenvalue weighted by molar-refractivity contribution is 1.17. The summed E-state index contributed by atoms with van der Waals surface area (Å²) in [6, 6.07) is 5.17. The van der Waals surface area contributed by atoms with Crippen LogP contribution in [0.15, 0.2) is 35.1 Å². The number of nitrogens with zero attached hydrogens (tertiary/aromatic N) is 3. The zero-order valence-corrected chi connectivity index (χ0v) is 13.6. The Labute approximate surface area is 138 Å². The van der Waals surface area contributed by atoms with Gasteiger partial charge in [0, 0.05) is 33.9 Å². The van der Waals surface area contributed by atoms with Crippen LogP contribution in [0, 0.1) is 0 Å². The summed E-state index contributed by atoms with van der Waals surface area (Å²) in [4.78, 5) is 12.6. The van der Waals surface area contributed by atoms with Gasteiger partial charge in [0.25, 0.3) is 0 Å². The Morgan fingerprint density at radius 3 is 2.30 bits per heavy atom. The van der Waals surface area contributed by atoms with Crippen molar-refractivity contribution in [1.29, 1.82) is 0 Å². The molecular weight excluding hydrogens is 384 g/mol. The molecule has 0 spiro atoms. The van der Waals surface area contributed by atoms with Crippen molar-refractivity contribution < 1.29 is 0 Å². The maximum atomic E-state index is 6.09. The van der Waals surface area contributed by atoms with Crippen LogP contribution in [-0.2, 0) is 0 Å². The Morgan fingerprint density at radius 1 is 0.900 bits per heavy atom. The van der Waals surface area contributed by atoms with Gasteiger partial charge in [0.05, 0.1) is 5.02 Å². The van der Waals surface area contributed by atoms with Gasteiger partial charge in [-0.05, 0) is 27.4 Å². The number of aromatic nitrogens is 3. The van der Waals surface area contributed by atoms with Crippen LogP contribution in [0.1, 0.15) is 0 Å². The Kier molecular flexibility index (Phi) is 3.82. The average Bonchev–Trinajstić information content (AvgIpc) is 2.41. The molecule has 20 heavy (non-hydrogen) atoms. The summed E-state index contributed by atoms with van der Waals surface area (Å²) in [6.45, 7) is 0. The van der Waals surface area contributed by atoms with Crippen molar-refractivity contribution in [3.05, 3.63) is 50.4 Å². The van der Waals surface area contributed by atoms with E-state index < -0.39 is 0 Å². The molecule has 0 N–H and O–H groups in total. The molecule has 2 aromatic heterocycles. The van der Waals surface area contributed by atoms with Crippen LogP contribution < -0.4 is 0 Å². The van der Waals surface area contributed by atoms with Gasteiger partial charge in [-0.25, -0.2) is 9.97 Å². The van der Waals surface area contributed by atoms with E-state index in [0.29, 0.717) is 10.8 Å². The average molecular weight is 389 g/mol. The van der Waals surface area contributed by atoms with Crippen LogP contribution in [0.5, 0.6) is 0 Å². The summed E-state index contributed by atoms with van der Waals surface area (Å²) in [5, 5.41) is 2.96. The first-order valence-electron chi connectivity index (χ1n) is 5.48. The van der Waals surface area contributed by atoms with Crippen molar-refractivity contribution in [2.75, 3.05) is 0 Å². The standard InChI is InChI=1S/C13H5BrCl3N3/c14-12-7-4-18-5-8(6(7)1-2-9(12)15)13-19-10(16)3-11(17)20-13/h1-5H. The van der Waals surface area contributed by atoms with E-state index in [1.165, 1.54) is 6.07 Å². The van der Waals surface area contributed by atoms with Gasteiger partial charge in [0.1, 0.15) is 10.3 Å². The number of rotatable bonds is 1. The molecule has 0 aliphatic rings. The normalized spacial score (nSPS) is 11.0. The fraction of sp³-hybridized carbons (Fsp3) is 0. The smallest absolute Gasteiger partial charge is 0.164 e. The number of fused-ring (bicyclic) bond motifs is 1. The van der Waals surface area contributed by atoms with E-state index in [-0.39, 0.29) is 10.3 Å². The molecule has 0 bridgehead atoms. The van der Waals surface area contributed by atoms with Crippen molar-refractivity contribution in [3.8, 4) is 11.4 Å². The van der Waals surface area contributed by atoms with Crippen molar-refractivity contribution >= 4 is 61.5 Å². The highest BCUT2D eigenvalue weighted by Gasteiger charge is 2.12. The lowest BCUT2D eigenvalue weighted by Gasteiger charge is -2.08. The quantitative estimate of drug-likeness (QED) is 0.522. The van der Waals surface area contributed by atoms with Crippen molar-refractivity contribution in [3.63, 3.8) is 0 Å². The largest absolute Gasteiger partial charge is 0.263 e. The molecule has 2 heterocycles. The Morgan fingerprint density at radius 2 is 1.60 bits per heavy atom. The summed E-state index contributed by atoms with van der Waals surface area (Å²) in [6.07, 6.45) is 3.39. The molecular formula is C13H5BrCl3N3. The molecule has 0 saturated carbocycles. The van der Waals surface area contributed by atoms with E-state index in [4.69, 9.17) is 34.8 Å². The van der Waals surface area contributed by atoms with Crippen molar-refractivity contribution in [1.82, 2.24) is 15.0 Å². The van der Waals surface area contributed by atoms with Crippen molar-refractivity contribution in [2.45, 2.75) is 0 Å². The van der Waals surface area contributed by atoms with Crippen LogP contribution in [0.4, 0.5) is 0 Å². The molecule has 3 aromatic rings. The first-order valence-corrected chi connectivity index (χ1v) is 7.41. The highest BCUT2D eigenvalue weighted by molar-refractivity contribution is 9.10. The van der Waals surface area contributed by atoms with Gasteiger partial charge in [0.15, 0.2) is 5.82 Å². The highest BCUT2D eigenvalue weighted by atomic mass is 79.9. The maximum Gasteiger partial charge on any atom is 0.164 e. The number of pyridine rings is 1. The van der Waals surface area contributed by atoms with Gasteiger partial charge in [-0.1, -0.05) is 40.9 Å². The second kappa shape index (κ2) is 5.45. The second-order valence-corrected chi connectivity index (χ2v) is 5.96. The van der Waals surface area contributed by atoms with Gasteiger partial charge in [-0.3, -0.25) is 4.98 Å². The van der Waals surface area contributed by atoms with Gasteiger partial charge in [-0.2, -0.15) is 0 Å². The summed E-state index contributed by atoms with van der Waals surface area (Å²) < 4.78 is 0.777. The van der Waals surface area contributed by atoms with E-state index >= 15 is 0 Å². The molecule has 0 saturated heterocycles. The fourth-order valence-corrected chi connectivity index (χ4v) is 2.91. The third kappa shape index (κ3) is 2.49. The zero-order valence-electron chi connectivity index (χ0n) is 9.74. The minimum absolute atomic E-state index is 0.282. The molecule has 0 amide bonds. The van der Waals surface area contributed by atoms with Crippen LogP contribution >= 0.6 is 50.7 Å². The lowest BCUT2D eigenvalue weighted by atomic mass is 10.1. The third-order valence-electron chi connectivity index (χ3n) is 2.73. The predicted molar refractivity (Wildman–Crippen MR) is 85.5 cm³/mol. The van der Waals surface area contributed by atoms with Gasteiger partial charge < -0.3 is 0 Å². The monoisotopic (exact) mass is 387 g/mol. The maximum absolute atomic E-state index is 6.09. The third-order valence-corrected chi connectivity index (χ3v) is 4.52. The Bertz CT molecular complexity index is 803.